The predicted molar refractivity (Wildman–Crippen MR) is 99.5 cm³/mol. The lowest BCUT2D eigenvalue weighted by molar-refractivity contribution is -0.142. The number of nitrogens with one attached hydrogen (secondary N) is 2. The number of hydrogen-bond donors (Lipinski definition) is 3. The number of hydrogen-bond acceptors (Lipinski definition) is 4. The highest BCUT2D eigenvalue weighted by atomic mass is 19.1. The van der Waals surface area contributed by atoms with Crippen molar-refractivity contribution in [3.8, 4) is 11.6 Å². The van der Waals surface area contributed by atoms with Crippen molar-refractivity contribution in [1.82, 2.24) is 15.6 Å². The van der Waals surface area contributed by atoms with Crippen molar-refractivity contribution in [2.45, 2.75) is 38.3 Å². The molecule has 148 valence electrons. The zero-order valence-electron chi connectivity index (χ0n) is 15.2. The number of benzene rings is 1. The number of urea groups is 1. The second-order valence-electron chi connectivity index (χ2n) is 6.77. The summed E-state index contributed by atoms with van der Waals surface area (Å²) in [6, 6.07) is 8.81. The van der Waals surface area contributed by atoms with E-state index >= 15 is 0 Å². The van der Waals surface area contributed by atoms with Crippen LogP contribution in [-0.2, 0) is 11.3 Å². The summed E-state index contributed by atoms with van der Waals surface area (Å²) in [5.74, 6) is -0.549. The summed E-state index contributed by atoms with van der Waals surface area (Å²) < 4.78 is 18.4. The number of carboxylic acid groups (broad SMARTS) is 1. The maximum atomic E-state index is 12.9. The van der Waals surface area contributed by atoms with E-state index in [0.29, 0.717) is 43.9 Å². The van der Waals surface area contributed by atoms with Crippen LogP contribution < -0.4 is 15.4 Å². The summed E-state index contributed by atoms with van der Waals surface area (Å²) >= 11 is 0. The van der Waals surface area contributed by atoms with E-state index in [1.54, 1.807) is 18.3 Å². The van der Waals surface area contributed by atoms with E-state index in [-0.39, 0.29) is 23.8 Å². The molecule has 0 unspecified atom stereocenters. The van der Waals surface area contributed by atoms with Crippen molar-refractivity contribution < 1.29 is 23.8 Å². The quantitative estimate of drug-likeness (QED) is 0.705. The van der Waals surface area contributed by atoms with Crippen molar-refractivity contribution in [1.29, 1.82) is 0 Å². The number of ether oxygens (including phenoxy) is 1. The Hall–Kier alpha value is -3.16. The molecule has 1 aliphatic rings. The van der Waals surface area contributed by atoms with Crippen molar-refractivity contribution in [2.75, 3.05) is 0 Å². The zero-order valence-corrected chi connectivity index (χ0v) is 15.2. The number of aliphatic carboxylic acids is 1. The summed E-state index contributed by atoms with van der Waals surface area (Å²) in [6.07, 6.45) is 4.10. The van der Waals surface area contributed by atoms with Gasteiger partial charge in [-0.25, -0.2) is 14.2 Å². The van der Waals surface area contributed by atoms with Gasteiger partial charge in [-0.2, -0.15) is 0 Å². The zero-order chi connectivity index (χ0) is 19.9. The topological polar surface area (TPSA) is 101 Å². The molecule has 2 amide bonds. The van der Waals surface area contributed by atoms with E-state index in [4.69, 9.17) is 9.84 Å². The number of carboxylic acids is 1. The van der Waals surface area contributed by atoms with Gasteiger partial charge in [0, 0.05) is 24.8 Å². The lowest BCUT2D eigenvalue weighted by atomic mass is 9.86. The van der Waals surface area contributed by atoms with Gasteiger partial charge in [-0.1, -0.05) is 6.07 Å². The molecule has 1 aromatic heterocycles. The molecule has 3 N–H and O–H groups in total. The molecule has 1 heterocycles. The summed E-state index contributed by atoms with van der Waals surface area (Å²) in [4.78, 5) is 27.1. The van der Waals surface area contributed by atoms with Crippen LogP contribution in [0.4, 0.5) is 9.18 Å². The fourth-order valence-corrected chi connectivity index (χ4v) is 3.10. The monoisotopic (exact) mass is 387 g/mol. The first kappa shape index (κ1) is 19.6. The van der Waals surface area contributed by atoms with Crippen LogP contribution in [0.3, 0.4) is 0 Å². The molecule has 1 aliphatic carbocycles. The Morgan fingerprint density at radius 1 is 1.11 bits per heavy atom. The second-order valence-corrected chi connectivity index (χ2v) is 6.77. The van der Waals surface area contributed by atoms with Crippen LogP contribution in [0.15, 0.2) is 42.6 Å². The molecule has 0 aliphatic heterocycles. The number of carbonyl (C=O) groups excluding carboxylic acids is 1. The maximum Gasteiger partial charge on any atom is 0.315 e. The van der Waals surface area contributed by atoms with Gasteiger partial charge in [0.25, 0.3) is 0 Å². The van der Waals surface area contributed by atoms with Gasteiger partial charge in [-0.3, -0.25) is 4.79 Å². The highest BCUT2D eigenvalue weighted by Gasteiger charge is 2.26. The van der Waals surface area contributed by atoms with Crippen LogP contribution in [0, 0.1) is 11.7 Å². The average Bonchev–Trinajstić information content (AvgIpc) is 2.69. The summed E-state index contributed by atoms with van der Waals surface area (Å²) in [6.45, 7) is 0.306. The summed E-state index contributed by atoms with van der Waals surface area (Å²) in [5, 5.41) is 14.6. The highest BCUT2D eigenvalue weighted by molar-refractivity contribution is 5.74. The summed E-state index contributed by atoms with van der Waals surface area (Å²) in [5.41, 5.74) is 0.802. The van der Waals surface area contributed by atoms with E-state index in [0.717, 1.165) is 5.56 Å². The SMILES string of the molecule is O=C(NCc1ccc(Oc2ccc(F)cc2)nc1)NC1CCC(C(=O)O)CC1. The van der Waals surface area contributed by atoms with Crippen molar-refractivity contribution in [3.05, 3.63) is 54.0 Å². The molecule has 0 bridgehead atoms. The summed E-state index contributed by atoms with van der Waals surface area (Å²) in [7, 11) is 0. The number of aromatic nitrogens is 1. The molecule has 2 aromatic rings. The van der Waals surface area contributed by atoms with Gasteiger partial charge in [0.05, 0.1) is 5.92 Å². The number of pyridine rings is 1. The molecule has 8 heteroatoms. The Kier molecular flexibility index (Phi) is 6.41. The van der Waals surface area contributed by atoms with Gasteiger partial charge >= 0.3 is 12.0 Å². The smallest absolute Gasteiger partial charge is 0.315 e. The van der Waals surface area contributed by atoms with Crippen LogP contribution in [0.1, 0.15) is 31.2 Å². The molecule has 3 rings (SSSR count). The number of amides is 2. The number of rotatable bonds is 6. The van der Waals surface area contributed by atoms with E-state index in [2.05, 4.69) is 15.6 Å². The number of nitrogens with zero attached hydrogens (tertiary/aromatic N) is 1. The third kappa shape index (κ3) is 5.67. The Bertz CT molecular complexity index is 803. The average molecular weight is 387 g/mol. The maximum absolute atomic E-state index is 12.9. The van der Waals surface area contributed by atoms with Gasteiger partial charge in [-0.15, -0.1) is 0 Å². The Morgan fingerprint density at radius 2 is 1.82 bits per heavy atom. The molecule has 28 heavy (non-hydrogen) atoms. The Labute approximate surface area is 161 Å². The van der Waals surface area contributed by atoms with Gasteiger partial charge in [-0.05, 0) is 55.5 Å². The van der Waals surface area contributed by atoms with Crippen molar-refractivity contribution in [3.63, 3.8) is 0 Å². The van der Waals surface area contributed by atoms with Crippen LogP contribution in [0.2, 0.25) is 0 Å². The second kappa shape index (κ2) is 9.16. The molecule has 1 saturated carbocycles. The minimum absolute atomic E-state index is 0.000195. The fourth-order valence-electron chi connectivity index (χ4n) is 3.10. The van der Waals surface area contributed by atoms with Crippen molar-refractivity contribution >= 4 is 12.0 Å². The first-order valence-electron chi connectivity index (χ1n) is 9.15. The molecule has 0 saturated heterocycles. The normalized spacial score (nSPS) is 18.9. The lowest BCUT2D eigenvalue weighted by Crippen LogP contribution is -2.43. The molecule has 0 atom stereocenters. The minimum Gasteiger partial charge on any atom is -0.481 e. The van der Waals surface area contributed by atoms with Gasteiger partial charge in [0.2, 0.25) is 5.88 Å². The molecule has 0 radical (unpaired) electrons. The third-order valence-corrected chi connectivity index (χ3v) is 4.70. The third-order valence-electron chi connectivity index (χ3n) is 4.70. The van der Waals surface area contributed by atoms with E-state index < -0.39 is 5.97 Å². The molecular formula is C20H22FN3O4. The number of carbonyl (C=O) groups is 2. The van der Waals surface area contributed by atoms with Gasteiger partial charge < -0.3 is 20.5 Å². The first-order valence-corrected chi connectivity index (χ1v) is 9.15. The highest BCUT2D eigenvalue weighted by Crippen LogP contribution is 2.24. The number of halogens is 1. The largest absolute Gasteiger partial charge is 0.481 e. The van der Waals surface area contributed by atoms with E-state index in [1.807, 2.05) is 0 Å². The standard InChI is InChI=1S/C20H22FN3O4/c21-15-4-8-17(9-5-15)28-18-10-1-13(11-22-18)12-23-20(27)24-16-6-2-14(3-7-16)19(25)26/h1,4-5,8-11,14,16H,2-3,6-7,12H2,(H,25,26)(H2,23,24,27). The molecule has 7 nitrogen and oxygen atoms in total. The minimum atomic E-state index is -0.762. The van der Waals surface area contributed by atoms with Crippen LogP contribution in [0.5, 0.6) is 11.6 Å². The van der Waals surface area contributed by atoms with Crippen LogP contribution in [0.25, 0.3) is 0 Å². The predicted octanol–water partition coefficient (Wildman–Crippen LogP) is 3.46. The van der Waals surface area contributed by atoms with E-state index in [9.17, 15) is 14.0 Å². The first-order chi connectivity index (χ1) is 13.5. The lowest BCUT2D eigenvalue weighted by Gasteiger charge is -2.26. The van der Waals surface area contributed by atoms with E-state index in [1.165, 1.54) is 24.3 Å². The Morgan fingerprint density at radius 3 is 2.43 bits per heavy atom. The Balaban J connectivity index is 1.41. The van der Waals surface area contributed by atoms with Gasteiger partial charge in [0.15, 0.2) is 0 Å². The molecular weight excluding hydrogens is 365 g/mol. The fraction of sp³-hybridized carbons (Fsp3) is 0.350. The van der Waals surface area contributed by atoms with Gasteiger partial charge in [0.1, 0.15) is 11.6 Å². The molecule has 1 fully saturated rings. The van der Waals surface area contributed by atoms with Crippen LogP contribution in [-0.4, -0.2) is 28.1 Å². The van der Waals surface area contributed by atoms with Crippen molar-refractivity contribution in [2.24, 2.45) is 5.92 Å². The van der Waals surface area contributed by atoms with Crippen LogP contribution >= 0.6 is 0 Å². The molecule has 1 aromatic carbocycles. The molecule has 0 spiro atoms.